The predicted molar refractivity (Wildman–Crippen MR) is 80.9 cm³/mol. The van der Waals surface area contributed by atoms with Crippen molar-refractivity contribution in [1.82, 2.24) is 5.32 Å². The van der Waals surface area contributed by atoms with Crippen LogP contribution in [0.1, 0.15) is 15.9 Å². The standard InChI is InChI=1S/C16H15ClFNO2/c1-19-9-11-7-12(18)4-6-13(11)10-3-5-14(15(17)8-10)16(20)21-2/h3-8,19H,9H2,1-2H3. The van der Waals surface area contributed by atoms with E-state index >= 15 is 0 Å². The molecule has 110 valence electrons. The van der Waals surface area contributed by atoms with Crippen LogP contribution >= 0.6 is 11.6 Å². The number of nitrogens with one attached hydrogen (secondary N) is 1. The van der Waals surface area contributed by atoms with Crippen LogP contribution in [0.15, 0.2) is 36.4 Å². The minimum Gasteiger partial charge on any atom is -0.465 e. The van der Waals surface area contributed by atoms with Gasteiger partial charge in [-0.15, -0.1) is 0 Å². The summed E-state index contributed by atoms with van der Waals surface area (Å²) in [6.07, 6.45) is 0. The number of carbonyl (C=O) groups excluding carboxylic acids is 1. The molecule has 0 saturated carbocycles. The highest BCUT2D eigenvalue weighted by Gasteiger charge is 2.13. The maximum atomic E-state index is 13.4. The molecule has 1 N–H and O–H groups in total. The van der Waals surface area contributed by atoms with Crippen molar-refractivity contribution in [1.29, 1.82) is 0 Å². The fourth-order valence-corrected chi connectivity index (χ4v) is 2.40. The molecular weight excluding hydrogens is 293 g/mol. The van der Waals surface area contributed by atoms with Gasteiger partial charge < -0.3 is 10.1 Å². The van der Waals surface area contributed by atoms with E-state index in [9.17, 15) is 9.18 Å². The summed E-state index contributed by atoms with van der Waals surface area (Å²) in [5, 5.41) is 3.31. The molecule has 0 spiro atoms. The fraction of sp³-hybridized carbons (Fsp3) is 0.188. The lowest BCUT2D eigenvalue weighted by Gasteiger charge is -2.11. The number of halogens is 2. The summed E-state index contributed by atoms with van der Waals surface area (Å²) >= 11 is 6.12. The molecule has 0 amide bonds. The minimum absolute atomic E-state index is 0.290. The van der Waals surface area contributed by atoms with Gasteiger partial charge in [-0.3, -0.25) is 0 Å². The van der Waals surface area contributed by atoms with Crippen LogP contribution in [0, 0.1) is 5.82 Å². The van der Waals surface area contributed by atoms with Crippen molar-refractivity contribution in [2.45, 2.75) is 6.54 Å². The Bertz CT molecular complexity index is 673. The average Bonchev–Trinajstić information content (AvgIpc) is 2.47. The van der Waals surface area contributed by atoms with Crippen LogP contribution in [-0.4, -0.2) is 20.1 Å². The first-order chi connectivity index (χ1) is 10.1. The zero-order valence-corrected chi connectivity index (χ0v) is 12.5. The van der Waals surface area contributed by atoms with Crippen molar-refractivity contribution in [3.63, 3.8) is 0 Å². The Morgan fingerprint density at radius 2 is 2.05 bits per heavy atom. The molecule has 0 radical (unpaired) electrons. The number of benzene rings is 2. The first kappa shape index (κ1) is 15.5. The van der Waals surface area contributed by atoms with Crippen LogP contribution in [0.5, 0.6) is 0 Å². The monoisotopic (exact) mass is 307 g/mol. The van der Waals surface area contributed by atoms with Crippen LogP contribution in [0.4, 0.5) is 4.39 Å². The van der Waals surface area contributed by atoms with Crippen molar-refractivity contribution in [2.75, 3.05) is 14.2 Å². The Kier molecular flexibility index (Phi) is 4.94. The summed E-state index contributed by atoms with van der Waals surface area (Å²) in [5.74, 6) is -0.776. The molecule has 0 aromatic heterocycles. The van der Waals surface area contributed by atoms with Gasteiger partial charge in [0.1, 0.15) is 5.82 Å². The highest BCUT2D eigenvalue weighted by molar-refractivity contribution is 6.33. The molecule has 5 heteroatoms. The van der Waals surface area contributed by atoms with E-state index in [1.807, 2.05) is 0 Å². The number of esters is 1. The molecule has 0 saturated heterocycles. The lowest BCUT2D eigenvalue weighted by Crippen LogP contribution is -2.07. The molecule has 21 heavy (non-hydrogen) atoms. The van der Waals surface area contributed by atoms with E-state index in [0.29, 0.717) is 17.1 Å². The highest BCUT2D eigenvalue weighted by Crippen LogP contribution is 2.29. The first-order valence-corrected chi connectivity index (χ1v) is 6.76. The molecule has 0 unspecified atom stereocenters. The van der Waals surface area contributed by atoms with Gasteiger partial charge in [-0.05, 0) is 48.0 Å². The zero-order valence-electron chi connectivity index (χ0n) is 11.7. The van der Waals surface area contributed by atoms with Crippen molar-refractivity contribution >= 4 is 17.6 Å². The topological polar surface area (TPSA) is 38.3 Å². The van der Waals surface area contributed by atoms with Gasteiger partial charge in [0.25, 0.3) is 0 Å². The summed E-state index contributed by atoms with van der Waals surface area (Å²) in [6, 6.07) is 9.64. The minimum atomic E-state index is -0.485. The van der Waals surface area contributed by atoms with Gasteiger partial charge >= 0.3 is 5.97 Å². The Morgan fingerprint density at radius 3 is 2.67 bits per heavy atom. The highest BCUT2D eigenvalue weighted by atomic mass is 35.5. The second kappa shape index (κ2) is 6.70. The van der Waals surface area contributed by atoms with Gasteiger partial charge in [-0.1, -0.05) is 23.7 Å². The molecule has 0 aliphatic rings. The van der Waals surface area contributed by atoms with Crippen LogP contribution in [-0.2, 0) is 11.3 Å². The van der Waals surface area contributed by atoms with Gasteiger partial charge in [-0.2, -0.15) is 0 Å². The van der Waals surface area contributed by atoms with Crippen molar-refractivity contribution in [3.8, 4) is 11.1 Å². The molecule has 0 fully saturated rings. The number of rotatable bonds is 4. The van der Waals surface area contributed by atoms with E-state index in [1.54, 1.807) is 31.3 Å². The number of hydrogen-bond donors (Lipinski definition) is 1. The van der Waals surface area contributed by atoms with E-state index in [2.05, 4.69) is 10.1 Å². The van der Waals surface area contributed by atoms with E-state index in [-0.39, 0.29) is 5.82 Å². The van der Waals surface area contributed by atoms with Gasteiger partial charge in [0.05, 0.1) is 17.7 Å². The van der Waals surface area contributed by atoms with Crippen molar-refractivity contribution in [3.05, 3.63) is 58.4 Å². The van der Waals surface area contributed by atoms with Crippen molar-refractivity contribution in [2.24, 2.45) is 0 Å². The van der Waals surface area contributed by atoms with Crippen LogP contribution in [0.3, 0.4) is 0 Å². The van der Waals surface area contributed by atoms with Gasteiger partial charge in [0.15, 0.2) is 0 Å². The predicted octanol–water partition coefficient (Wildman–Crippen LogP) is 3.65. The number of methoxy groups -OCH3 is 1. The van der Waals surface area contributed by atoms with Crippen LogP contribution in [0.25, 0.3) is 11.1 Å². The SMILES string of the molecule is CNCc1cc(F)ccc1-c1ccc(C(=O)OC)c(Cl)c1. The van der Waals surface area contributed by atoms with Gasteiger partial charge in [0, 0.05) is 6.54 Å². The third-order valence-electron chi connectivity index (χ3n) is 3.12. The molecule has 2 rings (SSSR count). The number of ether oxygens (including phenoxy) is 1. The molecule has 3 nitrogen and oxygen atoms in total. The summed E-state index contributed by atoms with van der Waals surface area (Å²) in [7, 11) is 3.10. The Labute approximate surface area is 127 Å². The van der Waals surface area contributed by atoms with E-state index in [0.717, 1.165) is 16.7 Å². The second-order valence-corrected chi connectivity index (χ2v) is 4.93. The lowest BCUT2D eigenvalue weighted by atomic mass is 9.98. The molecule has 0 bridgehead atoms. The molecule has 0 heterocycles. The summed E-state index contributed by atoms with van der Waals surface area (Å²) in [5.41, 5.74) is 2.81. The Balaban J connectivity index is 2.48. The van der Waals surface area contributed by atoms with Crippen LogP contribution in [0.2, 0.25) is 5.02 Å². The molecule has 0 aliphatic carbocycles. The third kappa shape index (κ3) is 3.40. The average molecular weight is 308 g/mol. The fourth-order valence-electron chi connectivity index (χ4n) is 2.14. The maximum absolute atomic E-state index is 13.4. The van der Waals surface area contributed by atoms with E-state index in [1.165, 1.54) is 19.2 Å². The first-order valence-electron chi connectivity index (χ1n) is 6.38. The summed E-state index contributed by atoms with van der Waals surface area (Å²) < 4.78 is 18.0. The third-order valence-corrected chi connectivity index (χ3v) is 3.43. The molecule has 0 aliphatic heterocycles. The number of carbonyl (C=O) groups is 1. The van der Waals surface area contributed by atoms with Gasteiger partial charge in [0.2, 0.25) is 0 Å². The Morgan fingerprint density at radius 1 is 1.29 bits per heavy atom. The lowest BCUT2D eigenvalue weighted by molar-refractivity contribution is 0.0601. The molecular formula is C16H15ClFNO2. The molecule has 2 aromatic rings. The van der Waals surface area contributed by atoms with E-state index < -0.39 is 5.97 Å². The molecule has 2 aromatic carbocycles. The summed E-state index contributed by atoms with van der Waals surface area (Å²) in [6.45, 7) is 0.531. The normalized spacial score (nSPS) is 10.5. The maximum Gasteiger partial charge on any atom is 0.339 e. The smallest absolute Gasteiger partial charge is 0.339 e. The van der Waals surface area contributed by atoms with Crippen molar-refractivity contribution < 1.29 is 13.9 Å². The van der Waals surface area contributed by atoms with E-state index in [4.69, 9.17) is 11.6 Å². The second-order valence-electron chi connectivity index (χ2n) is 4.52. The number of hydrogen-bond acceptors (Lipinski definition) is 3. The molecule has 0 atom stereocenters. The van der Waals surface area contributed by atoms with Gasteiger partial charge in [-0.25, -0.2) is 9.18 Å². The van der Waals surface area contributed by atoms with Crippen LogP contribution < -0.4 is 5.32 Å². The quantitative estimate of drug-likeness (QED) is 0.876. The zero-order chi connectivity index (χ0) is 15.4. The Hall–Kier alpha value is -1.91. The largest absolute Gasteiger partial charge is 0.465 e. The summed E-state index contributed by atoms with van der Waals surface area (Å²) in [4.78, 5) is 11.5.